The third-order valence-electron chi connectivity index (χ3n) is 4.53. The van der Waals surface area contributed by atoms with Crippen LogP contribution < -0.4 is 16.0 Å². The third kappa shape index (κ3) is 2.94. The normalized spacial score (nSPS) is 14.3. The molecule has 0 unspecified atom stereocenters. The summed E-state index contributed by atoms with van der Waals surface area (Å²) in [5.74, 6) is -0.109. The van der Waals surface area contributed by atoms with Crippen LogP contribution in [0.2, 0.25) is 5.02 Å². The SMILES string of the molecule is CNC(=O)[C@H](Nc1cc(Cl)cc2[nH]ncc12)c1ccc2c(c1)CNC2. The minimum Gasteiger partial charge on any atom is -0.369 e. The molecular formula is C18H18ClN5O. The molecule has 1 aliphatic heterocycles. The third-order valence-corrected chi connectivity index (χ3v) is 4.74. The lowest BCUT2D eigenvalue weighted by atomic mass is 10.00. The van der Waals surface area contributed by atoms with Gasteiger partial charge in [-0.2, -0.15) is 5.10 Å². The zero-order valence-corrected chi connectivity index (χ0v) is 14.4. The number of H-pyrrole nitrogens is 1. The molecule has 128 valence electrons. The van der Waals surface area contributed by atoms with Crippen LogP contribution in [0.3, 0.4) is 0 Å². The fourth-order valence-corrected chi connectivity index (χ4v) is 3.45. The molecule has 1 aromatic heterocycles. The maximum Gasteiger partial charge on any atom is 0.246 e. The molecule has 0 bridgehead atoms. The highest BCUT2D eigenvalue weighted by atomic mass is 35.5. The summed E-state index contributed by atoms with van der Waals surface area (Å²) in [7, 11) is 1.64. The van der Waals surface area contributed by atoms with E-state index in [0.29, 0.717) is 5.02 Å². The van der Waals surface area contributed by atoms with Crippen molar-refractivity contribution in [2.45, 2.75) is 19.1 Å². The quantitative estimate of drug-likeness (QED) is 0.580. The Kier molecular flexibility index (Phi) is 4.07. The van der Waals surface area contributed by atoms with Gasteiger partial charge < -0.3 is 16.0 Å². The number of aromatic amines is 1. The van der Waals surface area contributed by atoms with Gasteiger partial charge in [0.25, 0.3) is 0 Å². The number of nitrogens with zero attached hydrogens (tertiary/aromatic N) is 1. The number of hydrogen-bond acceptors (Lipinski definition) is 4. The zero-order valence-electron chi connectivity index (χ0n) is 13.7. The number of hydrogen-bond donors (Lipinski definition) is 4. The number of benzene rings is 2. The van der Waals surface area contributed by atoms with Gasteiger partial charge in [0.1, 0.15) is 6.04 Å². The minimum atomic E-state index is -0.521. The number of carbonyl (C=O) groups excluding carboxylic acids is 1. The van der Waals surface area contributed by atoms with Crippen LogP contribution in [-0.2, 0) is 17.9 Å². The summed E-state index contributed by atoms with van der Waals surface area (Å²) < 4.78 is 0. The number of fused-ring (bicyclic) bond motifs is 2. The summed E-state index contributed by atoms with van der Waals surface area (Å²) in [5, 5.41) is 17.8. The second-order valence-electron chi connectivity index (χ2n) is 6.11. The topological polar surface area (TPSA) is 81.8 Å². The Morgan fingerprint density at radius 1 is 1.24 bits per heavy atom. The number of anilines is 1. The smallest absolute Gasteiger partial charge is 0.246 e. The molecule has 0 saturated carbocycles. The highest BCUT2D eigenvalue weighted by Gasteiger charge is 2.22. The first-order valence-corrected chi connectivity index (χ1v) is 8.46. The van der Waals surface area contributed by atoms with E-state index in [-0.39, 0.29) is 5.91 Å². The molecular weight excluding hydrogens is 338 g/mol. The number of halogens is 1. The Hall–Kier alpha value is -2.57. The second-order valence-corrected chi connectivity index (χ2v) is 6.54. The van der Waals surface area contributed by atoms with E-state index < -0.39 is 6.04 Å². The van der Waals surface area contributed by atoms with Crippen molar-refractivity contribution >= 4 is 34.1 Å². The van der Waals surface area contributed by atoms with E-state index in [1.807, 2.05) is 18.2 Å². The summed E-state index contributed by atoms with van der Waals surface area (Å²) >= 11 is 6.20. The number of amides is 1. The summed E-state index contributed by atoms with van der Waals surface area (Å²) in [4.78, 5) is 12.5. The minimum absolute atomic E-state index is 0.109. The zero-order chi connectivity index (χ0) is 17.4. The highest BCUT2D eigenvalue weighted by molar-refractivity contribution is 6.31. The van der Waals surface area contributed by atoms with Crippen molar-refractivity contribution in [1.82, 2.24) is 20.8 Å². The fraction of sp³-hybridized carbons (Fsp3) is 0.222. The molecule has 0 spiro atoms. The summed E-state index contributed by atoms with van der Waals surface area (Å²) in [6.45, 7) is 1.70. The number of nitrogens with one attached hydrogen (secondary N) is 4. The monoisotopic (exact) mass is 355 g/mol. The molecule has 0 saturated heterocycles. The molecule has 4 rings (SSSR count). The van der Waals surface area contributed by atoms with Crippen LogP contribution in [0, 0.1) is 0 Å². The Labute approximate surface area is 150 Å². The fourth-order valence-electron chi connectivity index (χ4n) is 3.23. The average molecular weight is 356 g/mol. The van der Waals surface area contributed by atoms with Crippen molar-refractivity contribution in [3.63, 3.8) is 0 Å². The van der Waals surface area contributed by atoms with E-state index in [9.17, 15) is 4.79 Å². The molecule has 1 aliphatic rings. The molecule has 6 nitrogen and oxygen atoms in total. The Morgan fingerprint density at radius 2 is 2.08 bits per heavy atom. The Bertz CT molecular complexity index is 952. The van der Waals surface area contributed by atoms with Crippen LogP contribution in [0.4, 0.5) is 5.69 Å². The van der Waals surface area contributed by atoms with E-state index >= 15 is 0 Å². The van der Waals surface area contributed by atoms with E-state index in [1.165, 1.54) is 11.1 Å². The number of rotatable bonds is 4. The van der Waals surface area contributed by atoms with E-state index in [0.717, 1.165) is 35.2 Å². The van der Waals surface area contributed by atoms with Gasteiger partial charge >= 0.3 is 0 Å². The molecule has 2 aromatic carbocycles. The van der Waals surface area contributed by atoms with Crippen LogP contribution in [0.5, 0.6) is 0 Å². The molecule has 7 heteroatoms. The predicted molar refractivity (Wildman–Crippen MR) is 98.5 cm³/mol. The first kappa shape index (κ1) is 15.9. The van der Waals surface area contributed by atoms with Crippen molar-refractivity contribution in [3.8, 4) is 0 Å². The van der Waals surface area contributed by atoms with E-state index in [4.69, 9.17) is 11.6 Å². The summed E-state index contributed by atoms with van der Waals surface area (Å²) in [6.07, 6.45) is 1.72. The number of carbonyl (C=O) groups is 1. The van der Waals surface area contributed by atoms with Gasteiger partial charge in [0.05, 0.1) is 11.7 Å². The van der Waals surface area contributed by atoms with Gasteiger partial charge in [0.15, 0.2) is 0 Å². The largest absolute Gasteiger partial charge is 0.369 e. The number of aromatic nitrogens is 2. The van der Waals surface area contributed by atoms with E-state index in [1.54, 1.807) is 13.2 Å². The average Bonchev–Trinajstić information content (AvgIpc) is 3.26. The molecule has 0 fully saturated rings. The predicted octanol–water partition coefficient (Wildman–Crippen LogP) is 2.72. The van der Waals surface area contributed by atoms with Crippen molar-refractivity contribution < 1.29 is 4.79 Å². The molecule has 0 aliphatic carbocycles. The molecule has 3 aromatic rings. The van der Waals surface area contributed by atoms with Crippen LogP contribution >= 0.6 is 11.6 Å². The molecule has 2 heterocycles. The van der Waals surface area contributed by atoms with Gasteiger partial charge in [-0.05, 0) is 28.8 Å². The summed E-state index contributed by atoms with van der Waals surface area (Å²) in [5.41, 5.74) is 5.01. The van der Waals surface area contributed by atoms with Gasteiger partial charge in [0, 0.05) is 36.2 Å². The van der Waals surface area contributed by atoms with E-state index in [2.05, 4.69) is 38.3 Å². The van der Waals surface area contributed by atoms with Gasteiger partial charge in [-0.25, -0.2) is 0 Å². The molecule has 1 atom stereocenters. The molecule has 4 N–H and O–H groups in total. The molecule has 0 radical (unpaired) electrons. The maximum absolute atomic E-state index is 12.5. The second kappa shape index (κ2) is 6.38. The van der Waals surface area contributed by atoms with Gasteiger partial charge in [-0.3, -0.25) is 9.89 Å². The van der Waals surface area contributed by atoms with Crippen LogP contribution in [0.25, 0.3) is 10.9 Å². The standard InChI is InChI=1S/C18H18ClN5O/c1-20-18(25)17(10-2-3-11-7-21-8-12(11)4-10)23-15-5-13(19)6-16-14(15)9-22-24-16/h2-6,9,17,21,23H,7-8H2,1H3,(H,20,25)(H,22,24)/t17-/m1/s1. The Balaban J connectivity index is 1.74. The van der Waals surface area contributed by atoms with Gasteiger partial charge in [0.2, 0.25) is 5.91 Å². The Morgan fingerprint density at radius 3 is 2.92 bits per heavy atom. The highest BCUT2D eigenvalue weighted by Crippen LogP contribution is 2.31. The van der Waals surface area contributed by atoms with Crippen molar-refractivity contribution in [2.24, 2.45) is 0 Å². The van der Waals surface area contributed by atoms with Crippen LogP contribution in [-0.4, -0.2) is 23.2 Å². The first-order chi connectivity index (χ1) is 12.2. The summed E-state index contributed by atoms with van der Waals surface area (Å²) in [6, 6.07) is 9.26. The van der Waals surface area contributed by atoms with Crippen molar-refractivity contribution in [3.05, 3.63) is 58.2 Å². The lowest BCUT2D eigenvalue weighted by Gasteiger charge is -2.20. The molecule has 25 heavy (non-hydrogen) atoms. The lowest BCUT2D eigenvalue weighted by Crippen LogP contribution is -2.31. The first-order valence-electron chi connectivity index (χ1n) is 8.09. The number of likely N-dealkylation sites (N-methyl/N-ethyl adjacent to an activating group) is 1. The van der Waals surface area contributed by atoms with Crippen LogP contribution in [0.15, 0.2) is 36.5 Å². The van der Waals surface area contributed by atoms with Crippen molar-refractivity contribution in [2.75, 3.05) is 12.4 Å². The van der Waals surface area contributed by atoms with Gasteiger partial charge in [-0.1, -0.05) is 29.8 Å². The lowest BCUT2D eigenvalue weighted by molar-refractivity contribution is -0.121. The van der Waals surface area contributed by atoms with Gasteiger partial charge in [-0.15, -0.1) is 0 Å². The van der Waals surface area contributed by atoms with Crippen LogP contribution in [0.1, 0.15) is 22.7 Å². The molecule has 1 amide bonds. The maximum atomic E-state index is 12.5. The van der Waals surface area contributed by atoms with Crippen molar-refractivity contribution in [1.29, 1.82) is 0 Å².